The summed E-state index contributed by atoms with van der Waals surface area (Å²) in [6.07, 6.45) is 2.48. The highest BCUT2D eigenvalue weighted by Gasteiger charge is 2.15. The van der Waals surface area contributed by atoms with Crippen molar-refractivity contribution in [2.45, 2.75) is 12.5 Å². The lowest BCUT2D eigenvalue weighted by atomic mass is 10.1. The third-order valence-electron chi connectivity index (χ3n) is 3.15. The molecule has 0 aliphatic heterocycles. The van der Waals surface area contributed by atoms with Crippen LogP contribution in [0.5, 0.6) is 0 Å². The number of halogens is 2. The van der Waals surface area contributed by atoms with Gasteiger partial charge < -0.3 is 9.51 Å². The van der Waals surface area contributed by atoms with Crippen molar-refractivity contribution in [3.05, 3.63) is 71.7 Å². The molecule has 0 fully saturated rings. The lowest BCUT2D eigenvalue weighted by Gasteiger charge is -2.08. The summed E-state index contributed by atoms with van der Waals surface area (Å²) in [5.41, 5.74) is 1.26. The van der Waals surface area contributed by atoms with E-state index in [0.29, 0.717) is 11.3 Å². The molecule has 0 aliphatic carbocycles. The number of imidazole rings is 1. The molecule has 102 valence electrons. The van der Waals surface area contributed by atoms with Crippen molar-refractivity contribution < 1.29 is 13.9 Å². The summed E-state index contributed by atoms with van der Waals surface area (Å²) < 4.78 is 28.4. The number of aliphatic hydroxyl groups is 1. The van der Waals surface area contributed by atoms with Gasteiger partial charge >= 0.3 is 0 Å². The molecule has 1 N–H and O–H groups in total. The highest BCUT2D eigenvalue weighted by atomic mass is 19.1. The van der Waals surface area contributed by atoms with Gasteiger partial charge in [0.2, 0.25) is 0 Å². The van der Waals surface area contributed by atoms with Gasteiger partial charge in [0, 0.05) is 18.8 Å². The van der Waals surface area contributed by atoms with Crippen molar-refractivity contribution in [1.82, 2.24) is 9.38 Å². The summed E-state index contributed by atoms with van der Waals surface area (Å²) in [5, 5.41) is 10.1. The molecule has 0 saturated heterocycles. The molecule has 3 aromatic rings. The number of aliphatic hydroxyl groups excluding tert-OH is 1. The first-order valence-corrected chi connectivity index (χ1v) is 6.19. The van der Waals surface area contributed by atoms with Crippen LogP contribution in [0.2, 0.25) is 0 Å². The first-order valence-electron chi connectivity index (χ1n) is 6.19. The van der Waals surface area contributed by atoms with Crippen molar-refractivity contribution in [1.29, 1.82) is 0 Å². The van der Waals surface area contributed by atoms with Gasteiger partial charge in [-0.25, -0.2) is 13.8 Å². The summed E-state index contributed by atoms with van der Waals surface area (Å²) >= 11 is 0. The van der Waals surface area contributed by atoms with Gasteiger partial charge in [0.05, 0.1) is 5.69 Å². The zero-order valence-electron chi connectivity index (χ0n) is 10.5. The highest BCUT2D eigenvalue weighted by molar-refractivity contribution is 5.40. The third-order valence-corrected chi connectivity index (χ3v) is 3.15. The van der Waals surface area contributed by atoms with Gasteiger partial charge in [-0.15, -0.1) is 0 Å². The Morgan fingerprint density at radius 2 is 2.05 bits per heavy atom. The molecular formula is C15H12F2N2O. The van der Waals surface area contributed by atoms with Crippen molar-refractivity contribution in [3.8, 4) is 0 Å². The predicted octanol–water partition coefficient (Wildman–Crippen LogP) is 2.89. The fourth-order valence-electron chi connectivity index (χ4n) is 2.13. The van der Waals surface area contributed by atoms with E-state index in [-0.39, 0.29) is 12.0 Å². The molecule has 2 heterocycles. The zero-order chi connectivity index (χ0) is 14.1. The Labute approximate surface area is 114 Å². The SMILES string of the molecule is OC(Cc1cc(F)ccc1F)c1cn2ccccc2n1. The molecular weight excluding hydrogens is 262 g/mol. The van der Waals surface area contributed by atoms with E-state index in [9.17, 15) is 13.9 Å². The van der Waals surface area contributed by atoms with E-state index in [2.05, 4.69) is 4.98 Å². The van der Waals surface area contributed by atoms with Crippen LogP contribution in [-0.4, -0.2) is 14.5 Å². The van der Waals surface area contributed by atoms with Crippen molar-refractivity contribution in [3.63, 3.8) is 0 Å². The van der Waals surface area contributed by atoms with Gasteiger partial charge in [0.25, 0.3) is 0 Å². The summed E-state index contributed by atoms with van der Waals surface area (Å²) in [5.74, 6) is -1.06. The Morgan fingerprint density at radius 1 is 1.20 bits per heavy atom. The monoisotopic (exact) mass is 274 g/mol. The standard InChI is InChI=1S/C15H12F2N2O/c16-11-4-5-12(17)10(7-11)8-14(20)13-9-19-6-2-1-3-15(19)18-13/h1-7,9,14,20H,8H2. The average molecular weight is 274 g/mol. The molecule has 20 heavy (non-hydrogen) atoms. The topological polar surface area (TPSA) is 37.5 Å². The highest BCUT2D eigenvalue weighted by Crippen LogP contribution is 2.20. The number of pyridine rings is 1. The Balaban J connectivity index is 1.88. The number of fused-ring (bicyclic) bond motifs is 1. The molecule has 0 radical (unpaired) electrons. The Bertz CT molecular complexity index is 721. The summed E-state index contributed by atoms with van der Waals surface area (Å²) in [6.45, 7) is 0. The first kappa shape index (κ1) is 12.7. The van der Waals surface area contributed by atoms with E-state index in [1.54, 1.807) is 22.9 Å². The van der Waals surface area contributed by atoms with Crippen LogP contribution < -0.4 is 0 Å². The van der Waals surface area contributed by atoms with Crippen LogP contribution in [0.1, 0.15) is 17.4 Å². The minimum Gasteiger partial charge on any atom is -0.386 e. The molecule has 3 rings (SSSR count). The minimum atomic E-state index is -0.980. The summed E-state index contributed by atoms with van der Waals surface area (Å²) in [4.78, 5) is 4.26. The molecule has 2 aromatic heterocycles. The van der Waals surface area contributed by atoms with E-state index in [1.165, 1.54) is 0 Å². The second-order valence-corrected chi connectivity index (χ2v) is 4.59. The number of hydrogen-bond donors (Lipinski definition) is 1. The number of rotatable bonds is 3. The molecule has 5 heteroatoms. The van der Waals surface area contributed by atoms with Gasteiger partial charge in [-0.3, -0.25) is 0 Å². The zero-order valence-corrected chi connectivity index (χ0v) is 10.5. The van der Waals surface area contributed by atoms with Crippen LogP contribution in [-0.2, 0) is 6.42 Å². The van der Waals surface area contributed by atoms with E-state index < -0.39 is 17.7 Å². The summed E-state index contributed by atoms with van der Waals surface area (Å²) in [7, 11) is 0. The smallest absolute Gasteiger partial charge is 0.137 e. The Hall–Kier alpha value is -2.27. The third kappa shape index (κ3) is 2.40. The van der Waals surface area contributed by atoms with Crippen LogP contribution >= 0.6 is 0 Å². The Morgan fingerprint density at radius 3 is 2.85 bits per heavy atom. The molecule has 0 amide bonds. The number of aromatic nitrogens is 2. The molecule has 0 spiro atoms. The van der Waals surface area contributed by atoms with E-state index >= 15 is 0 Å². The summed E-state index contributed by atoms with van der Waals surface area (Å²) in [6, 6.07) is 8.69. The number of nitrogens with zero attached hydrogens (tertiary/aromatic N) is 2. The lowest BCUT2D eigenvalue weighted by Crippen LogP contribution is -2.04. The number of benzene rings is 1. The van der Waals surface area contributed by atoms with Gasteiger partial charge in [0.15, 0.2) is 0 Å². The minimum absolute atomic E-state index is 0.0204. The van der Waals surface area contributed by atoms with Gasteiger partial charge in [-0.05, 0) is 35.9 Å². The van der Waals surface area contributed by atoms with Crippen LogP contribution in [0.25, 0.3) is 5.65 Å². The normalized spacial score (nSPS) is 12.8. The second-order valence-electron chi connectivity index (χ2n) is 4.59. The quantitative estimate of drug-likeness (QED) is 0.797. The lowest BCUT2D eigenvalue weighted by molar-refractivity contribution is 0.173. The van der Waals surface area contributed by atoms with Crippen molar-refractivity contribution in [2.75, 3.05) is 0 Å². The van der Waals surface area contributed by atoms with Crippen molar-refractivity contribution in [2.24, 2.45) is 0 Å². The van der Waals surface area contributed by atoms with Crippen LogP contribution in [0.4, 0.5) is 8.78 Å². The van der Waals surface area contributed by atoms with Gasteiger partial charge in [-0.2, -0.15) is 0 Å². The molecule has 1 aromatic carbocycles. The molecule has 1 atom stereocenters. The number of hydrogen-bond acceptors (Lipinski definition) is 2. The fourth-order valence-corrected chi connectivity index (χ4v) is 2.13. The van der Waals surface area contributed by atoms with Crippen LogP contribution in [0, 0.1) is 11.6 Å². The van der Waals surface area contributed by atoms with Crippen LogP contribution in [0.3, 0.4) is 0 Å². The molecule has 3 nitrogen and oxygen atoms in total. The second kappa shape index (κ2) is 5.02. The molecule has 0 aliphatic rings. The van der Waals surface area contributed by atoms with E-state index in [0.717, 1.165) is 18.2 Å². The largest absolute Gasteiger partial charge is 0.386 e. The molecule has 0 bridgehead atoms. The molecule has 0 saturated carbocycles. The van der Waals surface area contributed by atoms with E-state index in [1.807, 2.05) is 12.1 Å². The van der Waals surface area contributed by atoms with Gasteiger partial charge in [0.1, 0.15) is 23.4 Å². The van der Waals surface area contributed by atoms with E-state index in [4.69, 9.17) is 0 Å². The molecule has 1 unspecified atom stereocenters. The first-order chi connectivity index (χ1) is 9.63. The predicted molar refractivity (Wildman–Crippen MR) is 70.2 cm³/mol. The maximum Gasteiger partial charge on any atom is 0.137 e. The van der Waals surface area contributed by atoms with Crippen molar-refractivity contribution >= 4 is 5.65 Å². The average Bonchev–Trinajstić information content (AvgIpc) is 2.87. The fraction of sp³-hybridized carbons (Fsp3) is 0.133. The Kier molecular flexibility index (Phi) is 3.20. The van der Waals surface area contributed by atoms with Gasteiger partial charge in [-0.1, -0.05) is 6.07 Å². The van der Waals surface area contributed by atoms with Crippen LogP contribution in [0.15, 0.2) is 48.8 Å². The maximum atomic E-state index is 13.5. The maximum absolute atomic E-state index is 13.5.